The zero-order valence-corrected chi connectivity index (χ0v) is 16.8. The lowest BCUT2D eigenvalue weighted by molar-refractivity contribution is 0.0921. The maximum atomic E-state index is 13.7. The zero-order valence-electron chi connectivity index (χ0n) is 15.2. The predicted molar refractivity (Wildman–Crippen MR) is 110 cm³/mol. The minimum Gasteiger partial charge on any atom is -0.349 e. The second-order valence-corrected chi connectivity index (χ2v) is 8.29. The van der Waals surface area contributed by atoms with Gasteiger partial charge in [-0.1, -0.05) is 11.6 Å². The summed E-state index contributed by atoms with van der Waals surface area (Å²) in [6.07, 6.45) is 3.32. The number of nitrogens with one attached hydrogen (secondary N) is 2. The third-order valence-corrected chi connectivity index (χ3v) is 6.14. The normalized spacial score (nSPS) is 15.7. The van der Waals surface area contributed by atoms with Gasteiger partial charge in [-0.3, -0.25) is 4.79 Å². The molecule has 0 radical (unpaired) electrons. The molecule has 28 heavy (non-hydrogen) atoms. The SMILES string of the molecule is CN1CCC(NC(=O)c2cc3c(Nc4ccc(Cl)c(F)c4)ncnc3s2)CC1. The number of piperidine rings is 1. The highest BCUT2D eigenvalue weighted by molar-refractivity contribution is 7.20. The third-order valence-electron chi connectivity index (χ3n) is 4.79. The average molecular weight is 420 g/mol. The number of anilines is 2. The van der Waals surface area contributed by atoms with Crippen molar-refractivity contribution in [3.05, 3.63) is 46.3 Å². The number of carbonyl (C=O) groups is 1. The first kappa shape index (κ1) is 19.0. The molecule has 3 aromatic rings. The van der Waals surface area contributed by atoms with E-state index in [4.69, 9.17) is 11.6 Å². The lowest BCUT2D eigenvalue weighted by atomic mass is 10.1. The van der Waals surface area contributed by atoms with Gasteiger partial charge >= 0.3 is 0 Å². The molecule has 1 aromatic carbocycles. The van der Waals surface area contributed by atoms with Crippen LogP contribution < -0.4 is 10.6 Å². The van der Waals surface area contributed by atoms with Crippen LogP contribution in [0, 0.1) is 5.82 Å². The van der Waals surface area contributed by atoms with E-state index in [1.54, 1.807) is 12.1 Å². The van der Waals surface area contributed by atoms with Crippen molar-refractivity contribution in [2.75, 3.05) is 25.5 Å². The van der Waals surface area contributed by atoms with Crippen molar-refractivity contribution in [3.8, 4) is 0 Å². The van der Waals surface area contributed by atoms with Crippen molar-refractivity contribution in [3.63, 3.8) is 0 Å². The fourth-order valence-corrected chi connectivity index (χ4v) is 4.21. The molecule has 0 aliphatic carbocycles. The molecule has 1 aliphatic heterocycles. The maximum absolute atomic E-state index is 13.7. The molecule has 2 N–H and O–H groups in total. The number of aromatic nitrogens is 2. The van der Waals surface area contributed by atoms with Gasteiger partial charge in [0.05, 0.1) is 15.3 Å². The van der Waals surface area contributed by atoms with Crippen molar-refractivity contribution in [1.82, 2.24) is 20.2 Å². The first-order valence-electron chi connectivity index (χ1n) is 8.95. The van der Waals surface area contributed by atoms with Crippen LogP contribution in [0.5, 0.6) is 0 Å². The number of likely N-dealkylation sites (tertiary alicyclic amines) is 1. The topological polar surface area (TPSA) is 70.2 Å². The second kappa shape index (κ2) is 7.98. The molecule has 3 heterocycles. The van der Waals surface area contributed by atoms with E-state index in [1.807, 2.05) is 0 Å². The number of hydrogen-bond donors (Lipinski definition) is 2. The van der Waals surface area contributed by atoms with Gasteiger partial charge in [-0.05, 0) is 57.2 Å². The number of carbonyl (C=O) groups excluding carboxylic acids is 1. The quantitative estimate of drug-likeness (QED) is 0.667. The molecule has 1 saturated heterocycles. The van der Waals surface area contributed by atoms with Crippen molar-refractivity contribution in [1.29, 1.82) is 0 Å². The van der Waals surface area contributed by atoms with E-state index in [0.29, 0.717) is 21.2 Å². The Morgan fingerprint density at radius 1 is 1.29 bits per heavy atom. The molecule has 0 unspecified atom stereocenters. The summed E-state index contributed by atoms with van der Waals surface area (Å²) in [5, 5.41) is 6.96. The third kappa shape index (κ3) is 4.09. The molecular formula is C19H19ClFN5OS. The van der Waals surface area contributed by atoms with E-state index in [-0.39, 0.29) is 17.0 Å². The Labute approximate surface area is 170 Å². The molecule has 4 rings (SSSR count). The monoisotopic (exact) mass is 419 g/mol. The fraction of sp³-hybridized carbons (Fsp3) is 0.316. The Bertz CT molecular complexity index is 1020. The molecule has 0 atom stereocenters. The van der Waals surface area contributed by atoms with Crippen LogP contribution in [0.1, 0.15) is 22.5 Å². The summed E-state index contributed by atoms with van der Waals surface area (Å²) in [6.45, 7) is 1.96. The van der Waals surface area contributed by atoms with Crippen LogP contribution in [0.4, 0.5) is 15.9 Å². The minimum absolute atomic E-state index is 0.0572. The van der Waals surface area contributed by atoms with Crippen LogP contribution in [-0.4, -0.2) is 47.0 Å². The van der Waals surface area contributed by atoms with Gasteiger partial charge in [0.25, 0.3) is 5.91 Å². The van der Waals surface area contributed by atoms with Crippen LogP contribution in [0.15, 0.2) is 30.6 Å². The molecular weight excluding hydrogens is 401 g/mol. The van der Waals surface area contributed by atoms with E-state index >= 15 is 0 Å². The minimum atomic E-state index is -0.513. The first-order chi connectivity index (χ1) is 13.5. The van der Waals surface area contributed by atoms with Crippen LogP contribution in [0.2, 0.25) is 5.02 Å². The summed E-state index contributed by atoms with van der Waals surface area (Å²) in [4.78, 5) is 24.7. The Morgan fingerprint density at radius 2 is 2.07 bits per heavy atom. The van der Waals surface area contributed by atoms with Crippen LogP contribution >= 0.6 is 22.9 Å². The van der Waals surface area contributed by atoms with Crippen molar-refractivity contribution < 1.29 is 9.18 Å². The summed E-state index contributed by atoms with van der Waals surface area (Å²) < 4.78 is 13.7. The van der Waals surface area contributed by atoms with Gasteiger partial charge in [-0.25, -0.2) is 14.4 Å². The number of rotatable bonds is 4. The molecule has 146 valence electrons. The Kier molecular flexibility index (Phi) is 5.43. The van der Waals surface area contributed by atoms with Gasteiger partial charge < -0.3 is 15.5 Å². The lowest BCUT2D eigenvalue weighted by Gasteiger charge is -2.29. The van der Waals surface area contributed by atoms with Crippen molar-refractivity contribution in [2.24, 2.45) is 0 Å². The number of benzene rings is 1. The van der Waals surface area contributed by atoms with E-state index < -0.39 is 5.82 Å². The largest absolute Gasteiger partial charge is 0.349 e. The van der Waals surface area contributed by atoms with Crippen molar-refractivity contribution in [2.45, 2.75) is 18.9 Å². The standard InChI is InChI=1S/C19H19ClFN5OS/c1-26-6-4-11(5-7-26)25-18(27)16-9-13-17(22-10-23-19(13)28-16)24-12-2-3-14(20)15(21)8-12/h2-3,8-11H,4-7H2,1H3,(H,25,27)(H,22,23,24). The number of hydrogen-bond acceptors (Lipinski definition) is 6. The molecule has 1 amide bonds. The molecule has 0 bridgehead atoms. The fourth-order valence-electron chi connectivity index (χ4n) is 3.19. The summed E-state index contributed by atoms with van der Waals surface area (Å²) in [7, 11) is 2.09. The smallest absolute Gasteiger partial charge is 0.261 e. The Balaban J connectivity index is 1.54. The van der Waals surface area contributed by atoms with Gasteiger partial charge in [0, 0.05) is 11.7 Å². The molecule has 6 nitrogen and oxygen atoms in total. The molecule has 0 spiro atoms. The molecule has 1 fully saturated rings. The van der Waals surface area contributed by atoms with Gasteiger partial charge in [0.15, 0.2) is 0 Å². The highest BCUT2D eigenvalue weighted by atomic mass is 35.5. The van der Waals surface area contributed by atoms with E-state index in [1.165, 1.54) is 29.8 Å². The summed E-state index contributed by atoms with van der Waals surface area (Å²) >= 11 is 7.05. The highest BCUT2D eigenvalue weighted by Crippen LogP contribution is 2.30. The van der Waals surface area contributed by atoms with E-state index in [0.717, 1.165) is 31.3 Å². The number of nitrogens with zero attached hydrogens (tertiary/aromatic N) is 3. The van der Waals surface area contributed by atoms with Crippen LogP contribution in [-0.2, 0) is 0 Å². The lowest BCUT2D eigenvalue weighted by Crippen LogP contribution is -2.43. The van der Waals surface area contributed by atoms with Gasteiger partial charge in [0.1, 0.15) is 22.8 Å². The van der Waals surface area contributed by atoms with Gasteiger partial charge in [0.2, 0.25) is 0 Å². The summed E-state index contributed by atoms with van der Waals surface area (Å²) in [6, 6.07) is 6.41. The van der Waals surface area contributed by atoms with Crippen LogP contribution in [0.25, 0.3) is 10.2 Å². The van der Waals surface area contributed by atoms with E-state index in [2.05, 4.69) is 32.5 Å². The number of thiophene rings is 1. The molecule has 1 aliphatic rings. The second-order valence-electron chi connectivity index (χ2n) is 6.86. The highest BCUT2D eigenvalue weighted by Gasteiger charge is 2.21. The summed E-state index contributed by atoms with van der Waals surface area (Å²) in [5.74, 6) is -0.0946. The number of fused-ring (bicyclic) bond motifs is 1. The first-order valence-corrected chi connectivity index (χ1v) is 10.1. The summed E-state index contributed by atoms with van der Waals surface area (Å²) in [5.41, 5.74) is 0.519. The Hall–Kier alpha value is -2.29. The predicted octanol–water partition coefficient (Wildman–Crippen LogP) is 4.05. The molecule has 9 heteroatoms. The van der Waals surface area contributed by atoms with Crippen LogP contribution in [0.3, 0.4) is 0 Å². The van der Waals surface area contributed by atoms with Crippen molar-refractivity contribution >= 4 is 50.6 Å². The van der Waals surface area contributed by atoms with Gasteiger partial charge in [-0.15, -0.1) is 11.3 Å². The molecule has 0 saturated carbocycles. The number of halogens is 2. The zero-order chi connectivity index (χ0) is 19.7. The average Bonchev–Trinajstić information content (AvgIpc) is 3.12. The van der Waals surface area contributed by atoms with Gasteiger partial charge in [-0.2, -0.15) is 0 Å². The Morgan fingerprint density at radius 3 is 2.82 bits per heavy atom. The number of amides is 1. The van der Waals surface area contributed by atoms with E-state index in [9.17, 15) is 9.18 Å². The maximum Gasteiger partial charge on any atom is 0.261 e. The molecule has 2 aromatic heterocycles.